The molecule has 0 aliphatic heterocycles. The van der Waals surface area contributed by atoms with Crippen LogP contribution in [-0.2, 0) is 9.59 Å². The van der Waals surface area contributed by atoms with Gasteiger partial charge in [0.05, 0.1) is 6.04 Å². The third-order valence-electron chi connectivity index (χ3n) is 2.18. The fourth-order valence-electron chi connectivity index (χ4n) is 1.07. The molecule has 1 atom stereocenters. The zero-order chi connectivity index (χ0) is 11.1. The number of ketones is 1. The Hall–Kier alpha value is -0.900. The van der Waals surface area contributed by atoms with Gasteiger partial charge in [-0.05, 0) is 19.8 Å². The van der Waals surface area contributed by atoms with E-state index in [2.05, 4.69) is 0 Å². The van der Waals surface area contributed by atoms with E-state index in [9.17, 15) is 9.59 Å². The second-order valence-corrected chi connectivity index (χ2v) is 3.75. The Morgan fingerprint density at radius 1 is 1.29 bits per heavy atom. The smallest absolute Gasteiger partial charge is 0.222 e. The molecular formula is C10H20N2O2. The van der Waals surface area contributed by atoms with Crippen LogP contribution >= 0.6 is 0 Å². The fraction of sp³-hybridized carbons (Fsp3) is 0.800. The number of carbonyl (C=O) groups excluding carboxylic acids is 2. The molecule has 0 aromatic carbocycles. The molecule has 0 aliphatic rings. The maximum atomic E-state index is 11.1. The summed E-state index contributed by atoms with van der Waals surface area (Å²) in [5, 5.41) is 0. The van der Waals surface area contributed by atoms with Crippen molar-refractivity contribution in [1.29, 1.82) is 0 Å². The molecule has 0 saturated carbocycles. The molecule has 0 aromatic heterocycles. The Bertz CT molecular complexity index is 202. The van der Waals surface area contributed by atoms with Gasteiger partial charge in [-0.25, -0.2) is 0 Å². The van der Waals surface area contributed by atoms with Crippen LogP contribution in [0.15, 0.2) is 0 Å². The average Bonchev–Trinajstić information content (AvgIpc) is 2.11. The topological polar surface area (TPSA) is 63.4 Å². The van der Waals surface area contributed by atoms with Crippen LogP contribution in [0.3, 0.4) is 0 Å². The highest BCUT2D eigenvalue weighted by molar-refractivity contribution is 5.81. The number of nitrogens with zero attached hydrogens (tertiary/aromatic N) is 1. The Morgan fingerprint density at radius 2 is 1.86 bits per heavy atom. The summed E-state index contributed by atoms with van der Waals surface area (Å²) in [6, 6.07) is -0.357. The van der Waals surface area contributed by atoms with E-state index in [0.29, 0.717) is 12.8 Å². The quantitative estimate of drug-likeness (QED) is 0.637. The molecule has 0 radical (unpaired) electrons. The van der Waals surface area contributed by atoms with Gasteiger partial charge < -0.3 is 10.6 Å². The Balaban J connectivity index is 3.47. The summed E-state index contributed by atoms with van der Waals surface area (Å²) in [5.74, 6) is 0.144. The van der Waals surface area contributed by atoms with Gasteiger partial charge in [-0.15, -0.1) is 0 Å². The predicted molar refractivity (Wildman–Crippen MR) is 55.8 cm³/mol. The molecule has 0 heterocycles. The lowest BCUT2D eigenvalue weighted by molar-refractivity contribution is -0.128. The van der Waals surface area contributed by atoms with Crippen LogP contribution in [0.1, 0.15) is 32.6 Å². The number of Topliss-reactive ketones (excluding diaryl/α,β-unsaturated/α-hetero) is 1. The first kappa shape index (κ1) is 13.1. The predicted octanol–water partition coefficient (Wildman–Crippen LogP) is 0.551. The number of unbranched alkanes of at least 4 members (excludes halogenated alkanes) is 1. The zero-order valence-corrected chi connectivity index (χ0v) is 9.25. The lowest BCUT2D eigenvalue weighted by Crippen LogP contribution is -2.28. The van der Waals surface area contributed by atoms with Crippen LogP contribution in [0.5, 0.6) is 0 Å². The van der Waals surface area contributed by atoms with Gasteiger partial charge >= 0.3 is 0 Å². The molecule has 4 nitrogen and oxygen atoms in total. The Kier molecular flexibility index (Phi) is 6.12. The standard InChI is InChI=1S/C10H20N2O2/c1-8(13)9(11)6-4-5-7-10(14)12(2)3/h9H,4-7,11H2,1-3H3/t9-/m0/s1. The molecule has 0 fully saturated rings. The number of nitrogens with two attached hydrogens (primary N) is 1. The van der Waals surface area contributed by atoms with Gasteiger partial charge in [-0.2, -0.15) is 0 Å². The third-order valence-corrected chi connectivity index (χ3v) is 2.18. The lowest BCUT2D eigenvalue weighted by Gasteiger charge is -2.10. The molecule has 0 rings (SSSR count). The molecule has 0 aromatic rings. The third kappa shape index (κ3) is 5.70. The summed E-state index contributed by atoms with van der Waals surface area (Å²) in [6.45, 7) is 1.50. The van der Waals surface area contributed by atoms with Gasteiger partial charge in [0, 0.05) is 20.5 Å². The highest BCUT2D eigenvalue weighted by atomic mass is 16.2. The van der Waals surface area contributed by atoms with Crippen LogP contribution < -0.4 is 5.73 Å². The minimum Gasteiger partial charge on any atom is -0.349 e. The first-order valence-corrected chi connectivity index (χ1v) is 4.91. The molecule has 82 valence electrons. The Labute approximate surface area is 85.4 Å². The second kappa shape index (κ2) is 6.54. The largest absolute Gasteiger partial charge is 0.349 e. The van der Waals surface area contributed by atoms with E-state index >= 15 is 0 Å². The summed E-state index contributed by atoms with van der Waals surface area (Å²) >= 11 is 0. The zero-order valence-electron chi connectivity index (χ0n) is 9.25. The van der Waals surface area contributed by atoms with E-state index < -0.39 is 0 Å². The van der Waals surface area contributed by atoms with Crippen molar-refractivity contribution in [1.82, 2.24) is 4.90 Å². The summed E-state index contributed by atoms with van der Waals surface area (Å²) in [6.07, 6.45) is 2.85. The second-order valence-electron chi connectivity index (χ2n) is 3.75. The van der Waals surface area contributed by atoms with Crippen LogP contribution in [0.25, 0.3) is 0 Å². The van der Waals surface area contributed by atoms with Crippen LogP contribution in [0.4, 0.5) is 0 Å². The number of hydrogen-bond acceptors (Lipinski definition) is 3. The SMILES string of the molecule is CC(=O)[C@@H](N)CCCCC(=O)N(C)C. The van der Waals surface area contributed by atoms with Gasteiger partial charge in [0.2, 0.25) is 5.91 Å². The Morgan fingerprint density at radius 3 is 2.29 bits per heavy atom. The minimum atomic E-state index is -0.357. The molecule has 1 amide bonds. The maximum Gasteiger partial charge on any atom is 0.222 e. The van der Waals surface area contributed by atoms with Gasteiger partial charge in [0.1, 0.15) is 5.78 Å². The van der Waals surface area contributed by atoms with Crippen molar-refractivity contribution in [2.75, 3.05) is 14.1 Å². The van der Waals surface area contributed by atoms with Crippen molar-refractivity contribution in [2.45, 2.75) is 38.6 Å². The van der Waals surface area contributed by atoms with E-state index in [1.54, 1.807) is 19.0 Å². The highest BCUT2D eigenvalue weighted by Crippen LogP contribution is 2.04. The van der Waals surface area contributed by atoms with E-state index in [4.69, 9.17) is 5.73 Å². The van der Waals surface area contributed by atoms with E-state index in [1.807, 2.05) is 0 Å². The van der Waals surface area contributed by atoms with E-state index in [-0.39, 0.29) is 17.7 Å². The van der Waals surface area contributed by atoms with Gasteiger partial charge in [0.25, 0.3) is 0 Å². The average molecular weight is 200 g/mol. The molecule has 0 bridgehead atoms. The molecule has 0 aliphatic carbocycles. The van der Waals surface area contributed by atoms with Crippen molar-refractivity contribution in [2.24, 2.45) is 5.73 Å². The van der Waals surface area contributed by atoms with Gasteiger partial charge in [0.15, 0.2) is 0 Å². The molecule has 0 saturated heterocycles. The van der Waals surface area contributed by atoms with Gasteiger partial charge in [-0.1, -0.05) is 6.42 Å². The van der Waals surface area contributed by atoms with Crippen molar-refractivity contribution < 1.29 is 9.59 Å². The molecule has 0 unspecified atom stereocenters. The van der Waals surface area contributed by atoms with Crippen LogP contribution in [0.2, 0.25) is 0 Å². The normalized spacial score (nSPS) is 12.3. The molecule has 4 heteroatoms. The van der Waals surface area contributed by atoms with Crippen LogP contribution in [-0.4, -0.2) is 36.7 Å². The van der Waals surface area contributed by atoms with Crippen molar-refractivity contribution in [3.05, 3.63) is 0 Å². The summed E-state index contributed by atoms with van der Waals surface area (Å²) < 4.78 is 0. The maximum absolute atomic E-state index is 11.1. The summed E-state index contributed by atoms with van der Waals surface area (Å²) in [7, 11) is 3.48. The van der Waals surface area contributed by atoms with E-state index in [1.165, 1.54) is 6.92 Å². The number of rotatable bonds is 6. The monoisotopic (exact) mass is 200 g/mol. The first-order valence-electron chi connectivity index (χ1n) is 4.91. The molecule has 2 N–H and O–H groups in total. The molecular weight excluding hydrogens is 180 g/mol. The van der Waals surface area contributed by atoms with Gasteiger partial charge in [-0.3, -0.25) is 9.59 Å². The number of carbonyl (C=O) groups is 2. The molecule has 0 spiro atoms. The first-order chi connectivity index (χ1) is 6.45. The van der Waals surface area contributed by atoms with Crippen molar-refractivity contribution in [3.63, 3.8) is 0 Å². The van der Waals surface area contributed by atoms with Crippen molar-refractivity contribution in [3.8, 4) is 0 Å². The van der Waals surface area contributed by atoms with Crippen LogP contribution in [0, 0.1) is 0 Å². The lowest BCUT2D eigenvalue weighted by atomic mass is 10.1. The van der Waals surface area contributed by atoms with Crippen molar-refractivity contribution >= 4 is 11.7 Å². The summed E-state index contributed by atoms with van der Waals surface area (Å²) in [4.78, 5) is 23.5. The number of amides is 1. The minimum absolute atomic E-state index is 0.0175. The van der Waals surface area contributed by atoms with E-state index in [0.717, 1.165) is 12.8 Å². The fourth-order valence-corrected chi connectivity index (χ4v) is 1.07. The highest BCUT2D eigenvalue weighted by Gasteiger charge is 2.08. The molecule has 14 heavy (non-hydrogen) atoms. The summed E-state index contributed by atoms with van der Waals surface area (Å²) in [5.41, 5.74) is 5.55. The number of hydrogen-bond donors (Lipinski definition) is 1.